The van der Waals surface area contributed by atoms with Gasteiger partial charge in [-0.2, -0.15) is 0 Å². The maximum absolute atomic E-state index is 10.6. The van der Waals surface area contributed by atoms with Crippen molar-refractivity contribution in [2.45, 2.75) is 26.4 Å². The van der Waals surface area contributed by atoms with E-state index in [4.69, 9.17) is 4.42 Å². The summed E-state index contributed by atoms with van der Waals surface area (Å²) < 4.78 is 5.47. The molecular weight excluding hydrogens is 244 g/mol. The van der Waals surface area contributed by atoms with E-state index in [-0.39, 0.29) is 11.7 Å². The predicted octanol–water partition coefficient (Wildman–Crippen LogP) is 3.35. The highest BCUT2D eigenvalue weighted by atomic mass is 16.6. The summed E-state index contributed by atoms with van der Waals surface area (Å²) in [5, 5.41) is 13.9. The summed E-state index contributed by atoms with van der Waals surface area (Å²) in [6.07, 6.45) is 0. The molecular formula is C14H16N2O3. The molecule has 1 atom stereocenters. The first kappa shape index (κ1) is 13.3. The van der Waals surface area contributed by atoms with Crippen LogP contribution in [0.15, 0.2) is 40.8 Å². The van der Waals surface area contributed by atoms with Gasteiger partial charge in [-0.25, -0.2) is 0 Å². The molecule has 5 nitrogen and oxygen atoms in total. The Balaban J connectivity index is 1.95. The fourth-order valence-corrected chi connectivity index (χ4v) is 1.84. The van der Waals surface area contributed by atoms with Crippen molar-refractivity contribution in [1.82, 2.24) is 5.32 Å². The standard InChI is InChI=1S/C14H16N2O3/c1-10-3-8-14(19-10)9-15-11(2)12-4-6-13(7-5-12)16(17)18/h3-8,11,15H,9H2,1-2H3. The Hall–Kier alpha value is -2.14. The number of hydrogen-bond donors (Lipinski definition) is 1. The van der Waals surface area contributed by atoms with Crippen LogP contribution < -0.4 is 5.32 Å². The molecule has 2 rings (SSSR count). The number of nitro groups is 1. The van der Waals surface area contributed by atoms with Gasteiger partial charge in [-0.05, 0) is 31.5 Å². The number of nitrogens with one attached hydrogen (secondary N) is 1. The van der Waals surface area contributed by atoms with Crippen molar-refractivity contribution in [3.63, 3.8) is 0 Å². The minimum atomic E-state index is -0.395. The first-order chi connectivity index (χ1) is 9.06. The lowest BCUT2D eigenvalue weighted by Crippen LogP contribution is -2.17. The molecule has 1 aromatic heterocycles. The number of nitrogens with zero attached hydrogens (tertiary/aromatic N) is 1. The summed E-state index contributed by atoms with van der Waals surface area (Å²) in [4.78, 5) is 10.2. The van der Waals surface area contributed by atoms with E-state index >= 15 is 0 Å². The van der Waals surface area contributed by atoms with Crippen LogP contribution in [0.4, 0.5) is 5.69 Å². The first-order valence-electron chi connectivity index (χ1n) is 6.09. The summed E-state index contributed by atoms with van der Waals surface area (Å²) >= 11 is 0. The molecule has 1 heterocycles. The van der Waals surface area contributed by atoms with Gasteiger partial charge in [0.15, 0.2) is 0 Å². The van der Waals surface area contributed by atoms with E-state index < -0.39 is 4.92 Å². The van der Waals surface area contributed by atoms with Crippen LogP contribution in [0.3, 0.4) is 0 Å². The van der Waals surface area contributed by atoms with Crippen molar-refractivity contribution in [2.75, 3.05) is 0 Å². The van der Waals surface area contributed by atoms with Crippen molar-refractivity contribution in [3.8, 4) is 0 Å². The second kappa shape index (κ2) is 5.67. The Morgan fingerprint density at radius 1 is 1.26 bits per heavy atom. The van der Waals surface area contributed by atoms with E-state index in [9.17, 15) is 10.1 Å². The molecule has 0 amide bonds. The molecule has 0 aliphatic rings. The first-order valence-corrected chi connectivity index (χ1v) is 6.09. The highest BCUT2D eigenvalue weighted by molar-refractivity contribution is 5.34. The predicted molar refractivity (Wildman–Crippen MR) is 71.8 cm³/mol. The normalized spacial score (nSPS) is 12.3. The third-order valence-electron chi connectivity index (χ3n) is 2.98. The summed E-state index contributed by atoms with van der Waals surface area (Å²) in [7, 11) is 0. The second-order valence-corrected chi connectivity index (χ2v) is 4.46. The molecule has 5 heteroatoms. The molecule has 0 spiro atoms. The second-order valence-electron chi connectivity index (χ2n) is 4.46. The average molecular weight is 260 g/mol. The Labute approximate surface area is 111 Å². The molecule has 0 saturated carbocycles. The minimum absolute atomic E-state index is 0.103. The maximum atomic E-state index is 10.6. The van der Waals surface area contributed by atoms with Gasteiger partial charge in [-0.3, -0.25) is 10.1 Å². The van der Waals surface area contributed by atoms with Crippen molar-refractivity contribution >= 4 is 5.69 Å². The zero-order valence-corrected chi connectivity index (χ0v) is 10.9. The molecule has 0 radical (unpaired) electrons. The quantitative estimate of drug-likeness (QED) is 0.661. The molecule has 1 unspecified atom stereocenters. The monoisotopic (exact) mass is 260 g/mol. The third-order valence-corrected chi connectivity index (χ3v) is 2.98. The molecule has 1 N–H and O–H groups in total. The summed E-state index contributed by atoms with van der Waals surface area (Å²) in [6, 6.07) is 10.5. The highest BCUT2D eigenvalue weighted by Gasteiger charge is 2.09. The molecule has 0 saturated heterocycles. The van der Waals surface area contributed by atoms with E-state index in [0.717, 1.165) is 17.1 Å². The van der Waals surface area contributed by atoms with Gasteiger partial charge < -0.3 is 9.73 Å². The highest BCUT2D eigenvalue weighted by Crippen LogP contribution is 2.18. The average Bonchev–Trinajstić information content (AvgIpc) is 2.82. The van der Waals surface area contributed by atoms with Gasteiger partial charge in [-0.1, -0.05) is 12.1 Å². The summed E-state index contributed by atoms with van der Waals surface area (Å²) in [6.45, 7) is 4.55. The Morgan fingerprint density at radius 3 is 2.47 bits per heavy atom. The number of furan rings is 1. The molecule has 0 fully saturated rings. The zero-order valence-electron chi connectivity index (χ0n) is 10.9. The number of benzene rings is 1. The zero-order chi connectivity index (χ0) is 13.8. The van der Waals surface area contributed by atoms with Gasteiger partial charge in [0, 0.05) is 18.2 Å². The lowest BCUT2D eigenvalue weighted by atomic mass is 10.1. The van der Waals surface area contributed by atoms with Gasteiger partial charge in [0.2, 0.25) is 0 Å². The number of aryl methyl sites for hydroxylation is 1. The Kier molecular flexibility index (Phi) is 3.97. The summed E-state index contributed by atoms with van der Waals surface area (Å²) in [5.74, 6) is 1.77. The van der Waals surface area contributed by atoms with Crippen molar-refractivity contribution in [2.24, 2.45) is 0 Å². The molecule has 2 aromatic rings. The number of non-ortho nitro benzene ring substituents is 1. The number of nitro benzene ring substituents is 1. The lowest BCUT2D eigenvalue weighted by molar-refractivity contribution is -0.384. The molecule has 0 bridgehead atoms. The van der Waals surface area contributed by atoms with Gasteiger partial charge in [0.05, 0.1) is 11.5 Å². The largest absolute Gasteiger partial charge is 0.465 e. The molecule has 100 valence electrons. The van der Waals surface area contributed by atoms with Gasteiger partial charge >= 0.3 is 0 Å². The van der Waals surface area contributed by atoms with Crippen LogP contribution in [-0.4, -0.2) is 4.92 Å². The fourth-order valence-electron chi connectivity index (χ4n) is 1.84. The van der Waals surface area contributed by atoms with Crippen LogP contribution in [0, 0.1) is 17.0 Å². The Morgan fingerprint density at radius 2 is 1.95 bits per heavy atom. The van der Waals surface area contributed by atoms with E-state index in [1.807, 2.05) is 26.0 Å². The van der Waals surface area contributed by atoms with Crippen LogP contribution in [0.1, 0.15) is 30.0 Å². The van der Waals surface area contributed by atoms with Crippen LogP contribution in [-0.2, 0) is 6.54 Å². The van der Waals surface area contributed by atoms with Gasteiger partial charge in [-0.15, -0.1) is 0 Å². The van der Waals surface area contributed by atoms with Crippen molar-refractivity contribution in [1.29, 1.82) is 0 Å². The van der Waals surface area contributed by atoms with Crippen LogP contribution in [0.5, 0.6) is 0 Å². The van der Waals surface area contributed by atoms with E-state index in [2.05, 4.69) is 5.32 Å². The van der Waals surface area contributed by atoms with Crippen LogP contribution in [0.2, 0.25) is 0 Å². The van der Waals surface area contributed by atoms with Crippen LogP contribution >= 0.6 is 0 Å². The fraction of sp³-hybridized carbons (Fsp3) is 0.286. The molecule has 0 aliphatic carbocycles. The molecule has 0 aliphatic heterocycles. The van der Waals surface area contributed by atoms with Crippen molar-refractivity contribution < 1.29 is 9.34 Å². The van der Waals surface area contributed by atoms with Crippen molar-refractivity contribution in [3.05, 3.63) is 63.6 Å². The SMILES string of the molecule is Cc1ccc(CNC(C)c2ccc([N+](=O)[O-])cc2)o1. The van der Waals surface area contributed by atoms with Gasteiger partial charge in [0.1, 0.15) is 11.5 Å². The molecule has 19 heavy (non-hydrogen) atoms. The van der Waals surface area contributed by atoms with E-state index in [1.165, 1.54) is 12.1 Å². The number of rotatable bonds is 5. The Bertz CT molecular complexity index is 560. The smallest absolute Gasteiger partial charge is 0.269 e. The van der Waals surface area contributed by atoms with Gasteiger partial charge in [0.25, 0.3) is 5.69 Å². The minimum Gasteiger partial charge on any atom is -0.465 e. The third kappa shape index (κ3) is 3.42. The molecule has 1 aromatic carbocycles. The van der Waals surface area contributed by atoms with E-state index in [1.54, 1.807) is 12.1 Å². The summed E-state index contributed by atoms with van der Waals surface area (Å²) in [5.41, 5.74) is 1.12. The lowest BCUT2D eigenvalue weighted by Gasteiger charge is -2.12. The topological polar surface area (TPSA) is 68.3 Å². The van der Waals surface area contributed by atoms with Crippen LogP contribution in [0.25, 0.3) is 0 Å². The maximum Gasteiger partial charge on any atom is 0.269 e. The number of hydrogen-bond acceptors (Lipinski definition) is 4. The van der Waals surface area contributed by atoms with E-state index in [0.29, 0.717) is 6.54 Å².